The van der Waals surface area contributed by atoms with Crippen molar-refractivity contribution in [3.63, 3.8) is 0 Å². The van der Waals surface area contributed by atoms with Gasteiger partial charge in [-0.2, -0.15) is 0 Å². The van der Waals surface area contributed by atoms with Crippen LogP contribution in [0.25, 0.3) is 0 Å². The number of hydrogen-bond acceptors (Lipinski definition) is 6. The van der Waals surface area contributed by atoms with Crippen molar-refractivity contribution in [2.45, 2.75) is 37.8 Å². The lowest BCUT2D eigenvalue weighted by atomic mass is 10.1. The molecular weight excluding hydrogens is 400 g/mol. The van der Waals surface area contributed by atoms with E-state index in [1.807, 2.05) is 30.3 Å². The van der Waals surface area contributed by atoms with Gasteiger partial charge in [0, 0.05) is 31.4 Å². The highest BCUT2D eigenvalue weighted by molar-refractivity contribution is 5.77. The van der Waals surface area contributed by atoms with Crippen LogP contribution < -0.4 is 5.32 Å². The van der Waals surface area contributed by atoms with Crippen LogP contribution in [-0.4, -0.2) is 67.1 Å². The zero-order chi connectivity index (χ0) is 22.1. The molecule has 5 rings (SSSR count). The molecule has 3 heterocycles. The predicted molar refractivity (Wildman–Crippen MR) is 126 cm³/mol. The van der Waals surface area contributed by atoms with Gasteiger partial charge in [0.2, 0.25) is 0 Å². The van der Waals surface area contributed by atoms with E-state index in [1.165, 1.54) is 24.8 Å². The molecule has 6 nitrogen and oxygen atoms in total. The number of piperidine rings is 1. The molecule has 0 amide bonds. The molecule has 32 heavy (non-hydrogen) atoms. The summed E-state index contributed by atoms with van der Waals surface area (Å²) in [6.07, 6.45) is 4.51. The first-order chi connectivity index (χ1) is 15.7. The first-order valence-corrected chi connectivity index (χ1v) is 12.0. The van der Waals surface area contributed by atoms with Crippen molar-refractivity contribution < 1.29 is 9.53 Å². The number of benzene rings is 1. The maximum absolute atomic E-state index is 12.6. The molecule has 0 radical (unpaired) electrons. The minimum absolute atomic E-state index is 0.174. The maximum atomic E-state index is 12.6. The summed E-state index contributed by atoms with van der Waals surface area (Å²) in [6, 6.07) is 14.6. The van der Waals surface area contributed by atoms with E-state index in [0.717, 1.165) is 56.8 Å². The second-order valence-corrected chi connectivity index (χ2v) is 9.52. The highest BCUT2D eigenvalue weighted by Crippen LogP contribution is 2.50. The summed E-state index contributed by atoms with van der Waals surface area (Å²) in [5.74, 6) is 2.23. The standard InChI is InChI=1S/C26H34N4O2/c1-29(23(26(31)32-2)18-8-4-3-5-9-18)24-21-16-30(17-22(21)24)15-7-11-20-13-12-19-10-6-14-27-25(19)28-20/h3-5,8-9,12-13,21-24H,6-7,10-11,14-17H2,1-2H3,(H,27,28). The Morgan fingerprint density at radius 3 is 2.75 bits per heavy atom. The molecule has 1 N–H and O–H groups in total. The van der Waals surface area contributed by atoms with E-state index >= 15 is 0 Å². The number of likely N-dealkylation sites (tertiary alicyclic amines) is 1. The molecule has 2 aliphatic heterocycles. The van der Waals surface area contributed by atoms with Crippen LogP contribution in [0.1, 0.15) is 35.7 Å². The number of carbonyl (C=O) groups excluding carboxylic acids is 1. The third-order valence-corrected chi connectivity index (χ3v) is 7.50. The minimum Gasteiger partial charge on any atom is -0.468 e. The van der Waals surface area contributed by atoms with Crippen LogP contribution in [-0.2, 0) is 22.4 Å². The Labute approximate surface area is 191 Å². The smallest absolute Gasteiger partial charge is 0.327 e. The summed E-state index contributed by atoms with van der Waals surface area (Å²) in [6.45, 7) is 4.41. The van der Waals surface area contributed by atoms with E-state index in [-0.39, 0.29) is 12.0 Å². The van der Waals surface area contributed by atoms with Crippen molar-refractivity contribution in [3.8, 4) is 0 Å². The molecule has 170 valence electrons. The predicted octanol–water partition coefficient (Wildman–Crippen LogP) is 3.15. The fourth-order valence-corrected chi connectivity index (χ4v) is 5.82. The Balaban J connectivity index is 1.12. The van der Waals surface area contributed by atoms with E-state index in [4.69, 9.17) is 9.72 Å². The van der Waals surface area contributed by atoms with E-state index < -0.39 is 0 Å². The number of hydrogen-bond donors (Lipinski definition) is 1. The molecule has 1 aliphatic carbocycles. The van der Waals surface area contributed by atoms with Crippen molar-refractivity contribution in [2.24, 2.45) is 11.8 Å². The molecule has 2 fully saturated rings. The number of fused-ring (bicyclic) bond motifs is 2. The number of ether oxygens (including phenoxy) is 1. The maximum Gasteiger partial charge on any atom is 0.327 e. The van der Waals surface area contributed by atoms with Crippen molar-refractivity contribution in [1.29, 1.82) is 0 Å². The Bertz CT molecular complexity index is 938. The number of carbonyl (C=O) groups is 1. The van der Waals surface area contributed by atoms with Gasteiger partial charge in [-0.15, -0.1) is 0 Å². The van der Waals surface area contributed by atoms with Gasteiger partial charge in [-0.25, -0.2) is 9.78 Å². The summed E-state index contributed by atoms with van der Waals surface area (Å²) in [5, 5.41) is 3.44. The third-order valence-electron chi connectivity index (χ3n) is 7.50. The van der Waals surface area contributed by atoms with Crippen molar-refractivity contribution in [3.05, 3.63) is 59.3 Å². The number of esters is 1. The lowest BCUT2D eigenvalue weighted by Gasteiger charge is -2.29. The molecule has 1 aromatic heterocycles. The van der Waals surface area contributed by atoms with Crippen LogP contribution in [0, 0.1) is 11.8 Å². The fourth-order valence-electron chi connectivity index (χ4n) is 5.82. The second kappa shape index (κ2) is 9.20. The minimum atomic E-state index is -0.325. The van der Waals surface area contributed by atoms with Gasteiger partial charge in [0.05, 0.1) is 7.11 Å². The molecule has 0 spiro atoms. The number of pyridine rings is 1. The number of likely N-dealkylation sites (N-methyl/N-ethyl adjacent to an activating group) is 1. The molecule has 3 atom stereocenters. The van der Waals surface area contributed by atoms with E-state index in [2.05, 4.69) is 34.3 Å². The lowest BCUT2D eigenvalue weighted by Crippen LogP contribution is -2.38. The van der Waals surface area contributed by atoms with Gasteiger partial charge >= 0.3 is 5.97 Å². The normalized spacial score (nSPS) is 25.0. The average Bonchev–Trinajstić information content (AvgIpc) is 3.34. The van der Waals surface area contributed by atoms with Gasteiger partial charge in [-0.1, -0.05) is 36.4 Å². The summed E-state index contributed by atoms with van der Waals surface area (Å²) in [7, 11) is 3.56. The fraction of sp³-hybridized carbons (Fsp3) is 0.538. The molecule has 1 aromatic carbocycles. The molecule has 2 aromatic rings. The van der Waals surface area contributed by atoms with Crippen molar-refractivity contribution >= 4 is 11.8 Å². The summed E-state index contributed by atoms with van der Waals surface area (Å²) < 4.78 is 5.14. The zero-order valence-electron chi connectivity index (χ0n) is 19.2. The molecule has 3 aliphatic rings. The largest absolute Gasteiger partial charge is 0.468 e. The molecule has 1 saturated carbocycles. The lowest BCUT2D eigenvalue weighted by molar-refractivity contribution is -0.147. The molecule has 3 unspecified atom stereocenters. The topological polar surface area (TPSA) is 57.7 Å². The molecule has 0 bridgehead atoms. The Morgan fingerprint density at radius 1 is 1.22 bits per heavy atom. The van der Waals surface area contributed by atoms with Gasteiger partial charge in [-0.05, 0) is 68.3 Å². The highest BCUT2D eigenvalue weighted by atomic mass is 16.5. The molecule has 6 heteroatoms. The third kappa shape index (κ3) is 4.26. The summed E-state index contributed by atoms with van der Waals surface area (Å²) in [5.41, 5.74) is 3.56. The number of rotatable bonds is 8. The van der Waals surface area contributed by atoms with Gasteiger partial charge < -0.3 is 15.0 Å². The van der Waals surface area contributed by atoms with Gasteiger partial charge in [0.1, 0.15) is 11.9 Å². The summed E-state index contributed by atoms with van der Waals surface area (Å²) >= 11 is 0. The second-order valence-electron chi connectivity index (χ2n) is 9.52. The Morgan fingerprint density at radius 2 is 2.00 bits per heavy atom. The number of aromatic nitrogens is 1. The van der Waals surface area contributed by atoms with Gasteiger partial charge in [0.15, 0.2) is 0 Å². The monoisotopic (exact) mass is 434 g/mol. The first kappa shape index (κ1) is 21.4. The highest BCUT2D eigenvalue weighted by Gasteiger charge is 2.58. The van der Waals surface area contributed by atoms with Gasteiger partial charge in [-0.3, -0.25) is 4.90 Å². The van der Waals surface area contributed by atoms with Crippen LogP contribution in [0.5, 0.6) is 0 Å². The molecule has 1 saturated heterocycles. The van der Waals surface area contributed by atoms with Crippen LogP contribution in [0.4, 0.5) is 5.82 Å². The summed E-state index contributed by atoms with van der Waals surface area (Å²) in [4.78, 5) is 22.2. The number of methoxy groups -OCH3 is 1. The van der Waals surface area contributed by atoms with Crippen LogP contribution in [0.15, 0.2) is 42.5 Å². The number of nitrogens with zero attached hydrogens (tertiary/aromatic N) is 3. The Kier molecular flexibility index (Phi) is 6.15. The number of nitrogens with one attached hydrogen (secondary N) is 1. The average molecular weight is 435 g/mol. The van der Waals surface area contributed by atoms with E-state index in [0.29, 0.717) is 17.9 Å². The van der Waals surface area contributed by atoms with Crippen LogP contribution in [0.3, 0.4) is 0 Å². The zero-order valence-corrected chi connectivity index (χ0v) is 19.2. The van der Waals surface area contributed by atoms with E-state index in [9.17, 15) is 4.79 Å². The SMILES string of the molecule is COC(=O)C(c1ccccc1)N(C)C1C2CN(CCCc3ccc4c(n3)NCCC4)CC21. The quantitative estimate of drug-likeness (QED) is 0.644. The van der Waals surface area contributed by atoms with Crippen molar-refractivity contribution in [1.82, 2.24) is 14.8 Å². The van der Waals surface area contributed by atoms with E-state index in [1.54, 1.807) is 0 Å². The number of aryl methyl sites for hydroxylation is 2. The van der Waals surface area contributed by atoms with Crippen LogP contribution >= 0.6 is 0 Å². The van der Waals surface area contributed by atoms with Gasteiger partial charge in [0.25, 0.3) is 0 Å². The first-order valence-electron chi connectivity index (χ1n) is 12.0. The molecular formula is C26H34N4O2. The Hall–Kier alpha value is -2.44. The van der Waals surface area contributed by atoms with Crippen molar-refractivity contribution in [2.75, 3.05) is 45.7 Å². The van der Waals surface area contributed by atoms with Crippen LogP contribution in [0.2, 0.25) is 0 Å². The number of anilines is 1.